The lowest BCUT2D eigenvalue weighted by molar-refractivity contribution is 0.546. The Bertz CT molecular complexity index is 2440. The van der Waals surface area contributed by atoms with Crippen LogP contribution in [0, 0.1) is 0 Å². The first-order valence-electron chi connectivity index (χ1n) is 20.6. The summed E-state index contributed by atoms with van der Waals surface area (Å²) in [4.78, 5) is 2.60. The summed E-state index contributed by atoms with van der Waals surface area (Å²) in [6.45, 7) is 0. The van der Waals surface area contributed by atoms with Gasteiger partial charge in [-0.05, 0) is 115 Å². The molecule has 55 heavy (non-hydrogen) atoms. The molecule has 4 aromatic carbocycles. The normalized spacial score (nSPS) is 22.4. The fraction of sp³-hybridized carbons (Fsp3) is 0.231. The molecule has 1 heterocycles. The van der Waals surface area contributed by atoms with Gasteiger partial charge in [-0.25, -0.2) is 0 Å². The summed E-state index contributed by atoms with van der Waals surface area (Å²) in [6, 6.07) is 36.8. The van der Waals surface area contributed by atoms with Gasteiger partial charge in [-0.3, -0.25) is 0 Å². The number of allylic oxidation sites excluding steroid dienone is 11. The van der Waals surface area contributed by atoms with Crippen molar-refractivity contribution in [3.63, 3.8) is 0 Å². The number of anilines is 1. The molecular weight excluding hydrogens is 683 g/mol. The fourth-order valence-corrected chi connectivity index (χ4v) is 16.8. The van der Waals surface area contributed by atoms with Crippen LogP contribution in [0.15, 0.2) is 185 Å². The molecule has 2 nitrogen and oxygen atoms in total. The van der Waals surface area contributed by atoms with E-state index in [4.69, 9.17) is 4.42 Å². The van der Waals surface area contributed by atoms with Gasteiger partial charge in [-0.2, -0.15) is 0 Å². The van der Waals surface area contributed by atoms with Crippen molar-refractivity contribution >= 4 is 29.9 Å². The van der Waals surface area contributed by atoms with E-state index in [2.05, 4.69) is 175 Å². The third-order valence-corrected chi connectivity index (χ3v) is 19.0. The molecule has 0 spiro atoms. The van der Waals surface area contributed by atoms with Gasteiger partial charge < -0.3 is 9.32 Å². The third kappa shape index (κ3) is 6.10. The van der Waals surface area contributed by atoms with Crippen LogP contribution in [0.5, 0.6) is 0 Å². The minimum absolute atomic E-state index is 0.246. The third-order valence-electron chi connectivity index (χ3n) is 13.0. The van der Waals surface area contributed by atoms with Crippen LogP contribution in [0.1, 0.15) is 56.3 Å². The molecule has 5 aromatic rings. The zero-order valence-electron chi connectivity index (χ0n) is 31.6. The van der Waals surface area contributed by atoms with Crippen LogP contribution in [0.2, 0.25) is 11.1 Å². The molecule has 3 heteroatoms. The molecule has 0 saturated carbocycles. The minimum Gasteiger partial charge on any atom is -0.460 e. The van der Waals surface area contributed by atoms with Gasteiger partial charge in [0, 0.05) is 28.8 Å². The number of fused-ring (bicyclic) bond motifs is 5. The van der Waals surface area contributed by atoms with E-state index in [0.717, 1.165) is 49.9 Å². The first-order chi connectivity index (χ1) is 27.3. The van der Waals surface area contributed by atoms with E-state index in [-0.39, 0.29) is 6.04 Å². The monoisotopic (exact) mass is 731 g/mol. The number of aryl methyl sites for hydroxylation is 2. The van der Waals surface area contributed by atoms with E-state index in [1.165, 1.54) is 63.9 Å². The Hall–Kier alpha value is -5.38. The van der Waals surface area contributed by atoms with Crippen molar-refractivity contribution in [3.8, 4) is 22.3 Å². The Labute approximate surface area is 327 Å². The summed E-state index contributed by atoms with van der Waals surface area (Å²) < 4.78 is 6.33. The van der Waals surface area contributed by atoms with Gasteiger partial charge in [0.25, 0.3) is 0 Å². The van der Waals surface area contributed by atoms with E-state index >= 15 is 0 Å². The van der Waals surface area contributed by atoms with Crippen molar-refractivity contribution in [1.82, 2.24) is 0 Å². The van der Waals surface area contributed by atoms with E-state index in [1.807, 2.05) is 0 Å². The average Bonchev–Trinajstić information content (AvgIpc) is 3.66. The van der Waals surface area contributed by atoms with Gasteiger partial charge in [0.05, 0.1) is 6.04 Å². The number of benzene rings is 4. The van der Waals surface area contributed by atoms with E-state index < -0.39 is 8.07 Å². The number of para-hydroxylation sites is 1. The lowest BCUT2D eigenvalue weighted by Crippen LogP contribution is -2.57. The number of furan rings is 1. The highest BCUT2D eigenvalue weighted by Gasteiger charge is 2.50. The van der Waals surface area contributed by atoms with E-state index in [0.29, 0.717) is 11.1 Å². The molecule has 0 bridgehead atoms. The summed E-state index contributed by atoms with van der Waals surface area (Å²) in [5, 5.41) is 4.45. The zero-order chi connectivity index (χ0) is 36.6. The first kappa shape index (κ1) is 34.1. The number of hydrogen-bond donors (Lipinski definition) is 0. The van der Waals surface area contributed by atoms with Gasteiger partial charge in [0.1, 0.15) is 19.4 Å². The molecular formula is C52H49NOSi. The SMILES string of the molecule is C1=CCC([Si](C2=CCC(N(C3=CCCC=C3)c3ccc(-c4ccc5c(c4)-c4c(oc6ccccc46)CC5)cc3)C=C2)(c2ccccc2)C2CC=CCC2)C=C1. The second-order valence-electron chi connectivity index (χ2n) is 16.0. The molecule has 5 aliphatic rings. The maximum absolute atomic E-state index is 6.33. The van der Waals surface area contributed by atoms with E-state index in [1.54, 1.807) is 10.4 Å². The zero-order valence-corrected chi connectivity index (χ0v) is 32.6. The predicted molar refractivity (Wildman–Crippen MR) is 234 cm³/mol. The summed E-state index contributed by atoms with van der Waals surface area (Å²) in [7, 11) is -2.21. The van der Waals surface area contributed by atoms with Crippen LogP contribution >= 0.6 is 0 Å². The second kappa shape index (κ2) is 14.7. The van der Waals surface area contributed by atoms with E-state index in [9.17, 15) is 0 Å². The highest BCUT2D eigenvalue weighted by atomic mass is 28.3. The van der Waals surface area contributed by atoms with Crippen molar-refractivity contribution in [2.45, 2.75) is 74.9 Å². The maximum atomic E-state index is 6.33. The van der Waals surface area contributed by atoms with Crippen molar-refractivity contribution in [1.29, 1.82) is 0 Å². The molecule has 1 aromatic heterocycles. The molecule has 5 aliphatic carbocycles. The molecule has 0 aliphatic heterocycles. The van der Waals surface area contributed by atoms with Gasteiger partial charge >= 0.3 is 0 Å². The number of hydrogen-bond acceptors (Lipinski definition) is 2. The molecule has 10 rings (SSSR count). The Morgan fingerprint density at radius 2 is 1.53 bits per heavy atom. The van der Waals surface area contributed by atoms with Gasteiger partial charge in [-0.1, -0.05) is 150 Å². The quantitative estimate of drug-likeness (QED) is 0.117. The van der Waals surface area contributed by atoms with Crippen LogP contribution in [0.4, 0.5) is 5.69 Å². The Morgan fingerprint density at radius 3 is 2.31 bits per heavy atom. The Balaban J connectivity index is 0.989. The van der Waals surface area contributed by atoms with Gasteiger partial charge in [0.15, 0.2) is 0 Å². The minimum atomic E-state index is -2.21. The second-order valence-corrected chi connectivity index (χ2v) is 20.4. The van der Waals surface area contributed by atoms with Crippen LogP contribution in [-0.2, 0) is 12.8 Å². The lowest BCUT2D eigenvalue weighted by Gasteiger charge is -2.47. The molecule has 272 valence electrons. The largest absolute Gasteiger partial charge is 0.460 e. The summed E-state index contributed by atoms with van der Waals surface area (Å²) >= 11 is 0. The van der Waals surface area contributed by atoms with Crippen LogP contribution in [0.25, 0.3) is 33.2 Å². The summed E-state index contributed by atoms with van der Waals surface area (Å²) in [6.07, 6.45) is 39.3. The highest BCUT2D eigenvalue weighted by molar-refractivity contribution is 7.00. The molecule has 4 unspecified atom stereocenters. The maximum Gasteiger partial charge on any atom is 0.134 e. The topological polar surface area (TPSA) is 16.4 Å². The van der Waals surface area contributed by atoms with Crippen molar-refractivity contribution in [2.75, 3.05) is 4.90 Å². The van der Waals surface area contributed by atoms with Gasteiger partial charge in [-0.15, -0.1) is 0 Å². The van der Waals surface area contributed by atoms with Crippen molar-refractivity contribution in [2.24, 2.45) is 0 Å². The van der Waals surface area contributed by atoms with Crippen LogP contribution in [0.3, 0.4) is 0 Å². The fourth-order valence-electron chi connectivity index (χ4n) is 10.5. The van der Waals surface area contributed by atoms with Crippen molar-refractivity contribution < 1.29 is 4.42 Å². The smallest absolute Gasteiger partial charge is 0.134 e. The first-order valence-corrected chi connectivity index (χ1v) is 22.8. The number of rotatable bonds is 8. The average molecular weight is 732 g/mol. The van der Waals surface area contributed by atoms with Crippen LogP contribution in [-0.4, -0.2) is 14.1 Å². The molecule has 4 atom stereocenters. The molecule has 0 amide bonds. The Morgan fingerprint density at radius 1 is 0.655 bits per heavy atom. The van der Waals surface area contributed by atoms with Crippen LogP contribution < -0.4 is 10.1 Å². The summed E-state index contributed by atoms with van der Waals surface area (Å²) in [5.41, 5.74) is 11.3. The molecule has 0 N–H and O–H groups in total. The Kier molecular flexibility index (Phi) is 9.12. The summed E-state index contributed by atoms with van der Waals surface area (Å²) in [5.74, 6) is 1.12. The van der Waals surface area contributed by atoms with Crippen molar-refractivity contribution in [3.05, 3.63) is 192 Å². The molecule has 0 radical (unpaired) electrons. The number of nitrogens with zero attached hydrogens (tertiary/aromatic N) is 1. The standard InChI is InChI=1S/C52H49NOSi/c1-5-15-41(16-6-1)53(42-30-27-38(28-31-42)40-26-25-39-29-36-51-52(49(39)37-40)48-23-13-14-24-50(48)54-51)43-32-34-47(35-33-43)55(44-17-7-2-8-18-44,45-19-9-3-10-20-45)46-21-11-4-12-22-46/h2-5,7-11,13-19,23-28,30-32,34-35,37,43,45-46H,1,6,12,20-22,29,33,36H2. The molecule has 0 saturated heterocycles. The lowest BCUT2D eigenvalue weighted by atomic mass is 9.86. The van der Waals surface area contributed by atoms with Gasteiger partial charge in [0.2, 0.25) is 0 Å². The molecule has 0 fully saturated rings. The predicted octanol–water partition coefficient (Wildman–Crippen LogP) is 13.1. The highest BCUT2D eigenvalue weighted by Crippen LogP contribution is 2.49.